The summed E-state index contributed by atoms with van der Waals surface area (Å²) < 4.78 is 27.3. The van der Waals surface area contributed by atoms with Gasteiger partial charge in [-0.25, -0.2) is 8.78 Å². The van der Waals surface area contributed by atoms with E-state index in [0.29, 0.717) is 17.0 Å². The van der Waals surface area contributed by atoms with Gasteiger partial charge >= 0.3 is 0 Å². The smallest absolute Gasteiger partial charge is 0.130 e. The fourth-order valence-corrected chi connectivity index (χ4v) is 2.68. The molecule has 1 aromatic rings. The molecule has 0 amide bonds. The van der Waals surface area contributed by atoms with E-state index in [4.69, 9.17) is 0 Å². The van der Waals surface area contributed by atoms with Crippen molar-refractivity contribution in [3.63, 3.8) is 0 Å². The van der Waals surface area contributed by atoms with Gasteiger partial charge in [0, 0.05) is 17.7 Å². The summed E-state index contributed by atoms with van der Waals surface area (Å²) in [5.41, 5.74) is 1.36. The van der Waals surface area contributed by atoms with Gasteiger partial charge in [-0.3, -0.25) is 0 Å². The van der Waals surface area contributed by atoms with Crippen LogP contribution >= 0.6 is 0 Å². The van der Waals surface area contributed by atoms with Gasteiger partial charge in [-0.1, -0.05) is 20.8 Å². The van der Waals surface area contributed by atoms with Crippen LogP contribution < -0.4 is 5.32 Å². The average Bonchev–Trinajstić information content (AvgIpc) is 2.90. The summed E-state index contributed by atoms with van der Waals surface area (Å²) in [5.74, 6) is -0.481. The third-order valence-corrected chi connectivity index (χ3v) is 4.03. The fourth-order valence-electron chi connectivity index (χ4n) is 2.68. The Labute approximate surface area is 108 Å². The number of benzene rings is 1. The molecular weight excluding hydrogens is 232 g/mol. The van der Waals surface area contributed by atoms with Crippen molar-refractivity contribution in [2.75, 3.05) is 6.54 Å². The molecule has 0 radical (unpaired) electrons. The van der Waals surface area contributed by atoms with Crippen molar-refractivity contribution in [1.29, 1.82) is 0 Å². The van der Waals surface area contributed by atoms with E-state index in [1.54, 1.807) is 13.0 Å². The van der Waals surface area contributed by atoms with E-state index < -0.39 is 11.6 Å². The van der Waals surface area contributed by atoms with E-state index in [1.165, 1.54) is 0 Å². The number of rotatable bonds is 4. The van der Waals surface area contributed by atoms with Crippen molar-refractivity contribution in [2.24, 2.45) is 11.3 Å². The number of hydrogen-bond acceptors (Lipinski definition) is 1. The number of aryl methyl sites for hydroxylation is 1. The summed E-state index contributed by atoms with van der Waals surface area (Å²) in [6.45, 7) is 8.86. The SMILES string of the molecule is CCNC(c1cc(C)c(F)cc1F)C1CC1(C)C. The molecule has 2 rings (SSSR count). The predicted octanol–water partition coefficient (Wildman–Crippen LogP) is 3.97. The van der Waals surface area contributed by atoms with Crippen molar-refractivity contribution in [3.05, 3.63) is 34.9 Å². The lowest BCUT2D eigenvalue weighted by molar-refractivity contribution is 0.408. The molecule has 18 heavy (non-hydrogen) atoms. The van der Waals surface area contributed by atoms with Crippen LogP contribution in [-0.4, -0.2) is 6.54 Å². The highest BCUT2D eigenvalue weighted by atomic mass is 19.1. The second-order valence-corrected chi connectivity index (χ2v) is 5.96. The topological polar surface area (TPSA) is 12.0 Å². The maximum absolute atomic E-state index is 14.0. The Kier molecular flexibility index (Phi) is 3.45. The van der Waals surface area contributed by atoms with Crippen LogP contribution in [0.5, 0.6) is 0 Å². The average molecular weight is 253 g/mol. The summed E-state index contributed by atoms with van der Waals surface area (Å²) in [6, 6.07) is 2.64. The van der Waals surface area contributed by atoms with Gasteiger partial charge in [-0.2, -0.15) is 0 Å². The van der Waals surface area contributed by atoms with Gasteiger partial charge in [0.05, 0.1) is 0 Å². The highest BCUT2D eigenvalue weighted by molar-refractivity contribution is 5.30. The van der Waals surface area contributed by atoms with Crippen molar-refractivity contribution < 1.29 is 8.78 Å². The number of nitrogens with one attached hydrogen (secondary N) is 1. The van der Waals surface area contributed by atoms with Crippen molar-refractivity contribution in [3.8, 4) is 0 Å². The monoisotopic (exact) mass is 253 g/mol. The van der Waals surface area contributed by atoms with Crippen LogP contribution in [0.1, 0.15) is 44.4 Å². The lowest BCUT2D eigenvalue weighted by Gasteiger charge is -2.21. The number of hydrogen-bond donors (Lipinski definition) is 1. The Morgan fingerprint density at radius 3 is 2.44 bits per heavy atom. The molecule has 100 valence electrons. The Morgan fingerprint density at radius 1 is 1.33 bits per heavy atom. The van der Waals surface area contributed by atoms with Crippen molar-refractivity contribution in [1.82, 2.24) is 5.32 Å². The van der Waals surface area contributed by atoms with E-state index in [1.807, 2.05) is 6.92 Å². The van der Waals surface area contributed by atoms with Crippen LogP contribution in [0.4, 0.5) is 8.78 Å². The molecule has 1 aliphatic rings. The molecular formula is C15H21F2N. The molecule has 1 nitrogen and oxygen atoms in total. The maximum atomic E-state index is 14.0. The highest BCUT2D eigenvalue weighted by Crippen LogP contribution is 2.58. The molecule has 1 fully saturated rings. The fraction of sp³-hybridized carbons (Fsp3) is 0.600. The molecule has 2 unspecified atom stereocenters. The van der Waals surface area contributed by atoms with Crippen LogP contribution in [0.3, 0.4) is 0 Å². The molecule has 0 bridgehead atoms. The quantitative estimate of drug-likeness (QED) is 0.856. The highest BCUT2D eigenvalue weighted by Gasteiger charge is 2.50. The Hall–Kier alpha value is -0.960. The first-order valence-corrected chi connectivity index (χ1v) is 6.55. The molecule has 0 spiro atoms. The van der Waals surface area contributed by atoms with Gasteiger partial charge in [0.2, 0.25) is 0 Å². The minimum atomic E-state index is -0.471. The first-order valence-electron chi connectivity index (χ1n) is 6.55. The normalized spacial score (nSPS) is 22.9. The minimum Gasteiger partial charge on any atom is -0.310 e. The number of halogens is 2. The van der Waals surface area contributed by atoms with Crippen LogP contribution in [0.2, 0.25) is 0 Å². The summed E-state index contributed by atoms with van der Waals surface area (Å²) in [6.07, 6.45) is 1.08. The zero-order chi connectivity index (χ0) is 13.5. The second kappa shape index (κ2) is 4.61. The van der Waals surface area contributed by atoms with Gasteiger partial charge in [0.25, 0.3) is 0 Å². The van der Waals surface area contributed by atoms with Crippen LogP contribution in [0.15, 0.2) is 12.1 Å². The molecule has 2 atom stereocenters. The van der Waals surface area contributed by atoms with Gasteiger partial charge in [0.1, 0.15) is 11.6 Å². The standard InChI is InChI=1S/C15H21F2N/c1-5-18-14(11-8-15(11,3)4)10-6-9(2)12(16)7-13(10)17/h6-7,11,14,18H,5,8H2,1-4H3. The van der Waals surface area contributed by atoms with Gasteiger partial charge in [-0.05, 0) is 42.9 Å². The summed E-state index contributed by atoms with van der Waals surface area (Å²) >= 11 is 0. The summed E-state index contributed by atoms with van der Waals surface area (Å²) in [7, 11) is 0. The molecule has 1 aromatic carbocycles. The Balaban J connectivity index is 2.34. The lowest BCUT2D eigenvalue weighted by atomic mass is 9.95. The van der Waals surface area contributed by atoms with E-state index in [0.717, 1.165) is 19.0 Å². The molecule has 0 aromatic heterocycles. The van der Waals surface area contributed by atoms with Gasteiger partial charge < -0.3 is 5.32 Å². The molecule has 3 heteroatoms. The molecule has 0 saturated heterocycles. The van der Waals surface area contributed by atoms with Gasteiger partial charge in [0.15, 0.2) is 0 Å². The molecule has 1 saturated carbocycles. The first-order chi connectivity index (χ1) is 8.36. The van der Waals surface area contributed by atoms with Crippen molar-refractivity contribution >= 4 is 0 Å². The summed E-state index contributed by atoms with van der Waals surface area (Å²) in [4.78, 5) is 0. The van der Waals surface area contributed by atoms with E-state index in [2.05, 4.69) is 19.2 Å². The van der Waals surface area contributed by atoms with Crippen LogP contribution in [-0.2, 0) is 0 Å². The third-order valence-electron chi connectivity index (χ3n) is 4.03. The predicted molar refractivity (Wildman–Crippen MR) is 69.4 cm³/mol. The Bertz CT molecular complexity index is 454. The zero-order valence-corrected chi connectivity index (χ0v) is 11.5. The Morgan fingerprint density at radius 2 is 1.94 bits per heavy atom. The molecule has 0 aliphatic heterocycles. The van der Waals surface area contributed by atoms with E-state index >= 15 is 0 Å². The third kappa shape index (κ3) is 2.41. The largest absolute Gasteiger partial charge is 0.310 e. The minimum absolute atomic E-state index is 0.00991. The molecule has 1 aliphatic carbocycles. The van der Waals surface area contributed by atoms with Gasteiger partial charge in [-0.15, -0.1) is 0 Å². The molecule has 1 N–H and O–H groups in total. The first kappa shape index (κ1) is 13.5. The maximum Gasteiger partial charge on any atom is 0.130 e. The second-order valence-electron chi connectivity index (χ2n) is 5.96. The van der Waals surface area contributed by atoms with E-state index in [9.17, 15) is 8.78 Å². The van der Waals surface area contributed by atoms with Crippen molar-refractivity contribution in [2.45, 2.75) is 40.2 Å². The van der Waals surface area contributed by atoms with Crippen LogP contribution in [0, 0.1) is 29.9 Å². The van der Waals surface area contributed by atoms with E-state index in [-0.39, 0.29) is 11.5 Å². The zero-order valence-electron chi connectivity index (χ0n) is 11.5. The molecule has 0 heterocycles. The van der Waals surface area contributed by atoms with Crippen LogP contribution in [0.25, 0.3) is 0 Å². The lowest BCUT2D eigenvalue weighted by Crippen LogP contribution is -2.25. The summed E-state index contributed by atoms with van der Waals surface area (Å²) in [5, 5.41) is 3.34.